The molecule has 0 unspecified atom stereocenters. The predicted molar refractivity (Wildman–Crippen MR) is 135 cm³/mol. The van der Waals surface area contributed by atoms with Crippen molar-refractivity contribution >= 4 is 23.4 Å². The molecule has 0 aromatic heterocycles. The summed E-state index contributed by atoms with van der Waals surface area (Å²) in [4.78, 5) is 35.4. The number of nitrogens with two attached hydrogens (primary N) is 1. The molecule has 7 N–H and O–H groups in total. The first-order valence-corrected chi connectivity index (χ1v) is 10.5. The molecule has 0 saturated carbocycles. The van der Waals surface area contributed by atoms with Gasteiger partial charge in [0.25, 0.3) is 11.8 Å². The Hall–Kier alpha value is -4.15. The molecule has 35 heavy (non-hydrogen) atoms. The van der Waals surface area contributed by atoms with Gasteiger partial charge in [-0.1, -0.05) is 33.1 Å². The lowest BCUT2D eigenvalue weighted by Crippen LogP contribution is -2.50. The van der Waals surface area contributed by atoms with E-state index in [1.165, 1.54) is 5.48 Å². The Balaban J connectivity index is 0.00000612. The van der Waals surface area contributed by atoms with Crippen LogP contribution in [0.2, 0.25) is 0 Å². The molecule has 9 nitrogen and oxygen atoms in total. The number of nitrogens with one attached hydrogen (secondary N) is 4. The van der Waals surface area contributed by atoms with Gasteiger partial charge in [0.1, 0.15) is 6.04 Å². The highest BCUT2D eigenvalue weighted by atomic mass is 16.5. The van der Waals surface area contributed by atoms with Crippen molar-refractivity contribution in [1.82, 2.24) is 16.1 Å². The van der Waals surface area contributed by atoms with Gasteiger partial charge >= 0.3 is 0 Å². The molecule has 3 amide bonds. The molecule has 0 saturated heterocycles. The zero-order valence-corrected chi connectivity index (χ0v) is 18.9. The Morgan fingerprint density at radius 2 is 1.49 bits per heavy atom. The average Bonchev–Trinajstić information content (AvgIpc) is 2.84. The number of hydrogen-bond donors (Lipinski definition) is 6. The molecule has 2 aromatic carbocycles. The molecule has 2 rings (SSSR count). The molecule has 0 aliphatic carbocycles. The molecule has 0 bridgehead atoms. The zero-order chi connectivity index (χ0) is 24.9. The van der Waals surface area contributed by atoms with E-state index in [4.69, 9.17) is 10.9 Å². The number of anilines is 1. The van der Waals surface area contributed by atoms with Crippen LogP contribution in [0.4, 0.5) is 5.69 Å². The number of carbonyl (C=O) groups is 3. The second-order valence-corrected chi connectivity index (χ2v) is 7.48. The molecule has 0 heterocycles. The topological polar surface area (TPSA) is 146 Å². The van der Waals surface area contributed by atoms with Gasteiger partial charge in [0.2, 0.25) is 5.91 Å². The van der Waals surface area contributed by atoms with E-state index in [-0.39, 0.29) is 32.5 Å². The van der Waals surface area contributed by atoms with Crippen molar-refractivity contribution in [1.29, 1.82) is 0 Å². The Kier molecular flexibility index (Phi) is 12.3. The first kappa shape index (κ1) is 28.9. The molecule has 9 heteroatoms. The van der Waals surface area contributed by atoms with Gasteiger partial charge in [-0.25, -0.2) is 5.48 Å². The fraction of sp³-hybridized carbons (Fsp3) is 0.269. The maximum atomic E-state index is 12.2. The van der Waals surface area contributed by atoms with E-state index >= 15 is 0 Å². The molecule has 0 radical (unpaired) electrons. The molecule has 2 aromatic rings. The van der Waals surface area contributed by atoms with Crippen molar-refractivity contribution in [3.05, 3.63) is 65.2 Å². The molecule has 0 fully saturated rings. The SMILES string of the molecule is C.CC(C)NCC(=O)Nc1ccc(C#CC#Cc2ccc(C(=O)N[C@@H](CN)C(=O)NO)cc2)cc1. The monoisotopic (exact) mass is 477 g/mol. The molecule has 184 valence electrons. The van der Waals surface area contributed by atoms with E-state index in [0.717, 1.165) is 5.56 Å². The predicted octanol–water partition coefficient (Wildman–Crippen LogP) is 1.22. The highest BCUT2D eigenvalue weighted by Crippen LogP contribution is 2.08. The molecule has 0 aliphatic heterocycles. The van der Waals surface area contributed by atoms with Gasteiger partial charge in [0, 0.05) is 35.0 Å². The highest BCUT2D eigenvalue weighted by molar-refractivity contribution is 5.97. The van der Waals surface area contributed by atoms with Crippen LogP contribution in [0.5, 0.6) is 0 Å². The Labute approximate surface area is 205 Å². The van der Waals surface area contributed by atoms with Gasteiger partial charge in [-0.3, -0.25) is 19.6 Å². The maximum Gasteiger partial charge on any atom is 0.267 e. The number of hydrogen-bond acceptors (Lipinski definition) is 6. The smallest absolute Gasteiger partial charge is 0.267 e. The molecule has 1 atom stereocenters. The second-order valence-electron chi connectivity index (χ2n) is 7.48. The van der Waals surface area contributed by atoms with Crippen LogP contribution in [0, 0.1) is 23.7 Å². The van der Waals surface area contributed by atoms with Crippen molar-refractivity contribution in [2.45, 2.75) is 33.4 Å². The van der Waals surface area contributed by atoms with Crippen LogP contribution >= 0.6 is 0 Å². The number of amides is 3. The summed E-state index contributed by atoms with van der Waals surface area (Å²) in [6, 6.07) is 12.7. The standard InChI is InChI=1S/C25H27N5O4.CH4/c1-17(2)27-16-23(31)28-21-13-9-19(10-14-21)6-4-3-5-18-7-11-20(12-8-18)24(32)29-22(15-26)25(33)30-34;/h7-14,17,22,27,34H,15-16,26H2,1-2H3,(H,28,31)(H,29,32)(H,30,33);1H4/t22-;/m0./s1. The summed E-state index contributed by atoms with van der Waals surface area (Å²) in [5, 5.41) is 16.9. The van der Waals surface area contributed by atoms with Crippen LogP contribution in [-0.4, -0.2) is 48.1 Å². The number of rotatable bonds is 8. The van der Waals surface area contributed by atoms with Crippen molar-refractivity contribution in [3.8, 4) is 23.7 Å². The first-order valence-electron chi connectivity index (χ1n) is 10.5. The minimum Gasteiger partial charge on any atom is -0.339 e. The Morgan fingerprint density at radius 3 is 1.97 bits per heavy atom. The second kappa shape index (κ2) is 14.9. The van der Waals surface area contributed by atoms with Crippen molar-refractivity contribution in [2.75, 3.05) is 18.4 Å². The lowest BCUT2D eigenvalue weighted by molar-refractivity contribution is -0.130. The highest BCUT2D eigenvalue weighted by Gasteiger charge is 2.19. The normalized spacial score (nSPS) is 10.4. The van der Waals surface area contributed by atoms with Gasteiger partial charge < -0.3 is 21.7 Å². The van der Waals surface area contributed by atoms with Crippen LogP contribution in [-0.2, 0) is 9.59 Å². The fourth-order valence-corrected chi connectivity index (χ4v) is 2.60. The number of hydroxylamine groups is 1. The maximum absolute atomic E-state index is 12.2. The van der Waals surface area contributed by atoms with Gasteiger partial charge in [-0.2, -0.15) is 0 Å². The average molecular weight is 478 g/mol. The third-order valence-corrected chi connectivity index (χ3v) is 4.43. The quantitative estimate of drug-likeness (QED) is 0.192. The molecular formula is C26H31N5O4. The van der Waals surface area contributed by atoms with Crippen LogP contribution in [0.3, 0.4) is 0 Å². The zero-order valence-electron chi connectivity index (χ0n) is 18.9. The summed E-state index contributed by atoms with van der Waals surface area (Å²) < 4.78 is 0. The van der Waals surface area contributed by atoms with Crippen LogP contribution < -0.4 is 27.2 Å². The van der Waals surface area contributed by atoms with Crippen molar-refractivity contribution < 1.29 is 19.6 Å². The Morgan fingerprint density at radius 1 is 0.943 bits per heavy atom. The lowest BCUT2D eigenvalue weighted by Gasteiger charge is -2.14. The molecular weight excluding hydrogens is 446 g/mol. The largest absolute Gasteiger partial charge is 0.339 e. The van der Waals surface area contributed by atoms with Gasteiger partial charge in [-0.15, -0.1) is 0 Å². The van der Waals surface area contributed by atoms with E-state index in [0.29, 0.717) is 16.8 Å². The van der Waals surface area contributed by atoms with Gasteiger partial charge in [-0.05, 0) is 60.4 Å². The third kappa shape index (κ3) is 10.1. The van der Waals surface area contributed by atoms with Crippen LogP contribution in [0.15, 0.2) is 48.5 Å². The van der Waals surface area contributed by atoms with E-state index in [1.807, 2.05) is 13.8 Å². The summed E-state index contributed by atoms with van der Waals surface area (Å²) >= 11 is 0. The fourth-order valence-electron chi connectivity index (χ4n) is 2.60. The third-order valence-electron chi connectivity index (χ3n) is 4.43. The van der Waals surface area contributed by atoms with Crippen LogP contribution in [0.25, 0.3) is 0 Å². The van der Waals surface area contributed by atoms with E-state index in [2.05, 4.69) is 39.6 Å². The summed E-state index contributed by atoms with van der Waals surface area (Å²) in [5.74, 6) is 9.91. The number of benzene rings is 2. The summed E-state index contributed by atoms with van der Waals surface area (Å²) in [6.45, 7) is 4.03. The Bertz CT molecular complexity index is 1120. The summed E-state index contributed by atoms with van der Waals surface area (Å²) in [5.41, 5.74) is 9.28. The number of carbonyl (C=O) groups excluding carboxylic acids is 3. The van der Waals surface area contributed by atoms with Crippen molar-refractivity contribution in [2.24, 2.45) is 5.73 Å². The molecule has 0 spiro atoms. The van der Waals surface area contributed by atoms with E-state index in [9.17, 15) is 14.4 Å². The minimum absolute atomic E-state index is 0. The molecule has 0 aliphatic rings. The first-order chi connectivity index (χ1) is 16.3. The minimum atomic E-state index is -1.04. The summed E-state index contributed by atoms with van der Waals surface area (Å²) in [7, 11) is 0. The van der Waals surface area contributed by atoms with Gasteiger partial charge in [0.05, 0.1) is 6.54 Å². The summed E-state index contributed by atoms with van der Waals surface area (Å²) in [6.07, 6.45) is 0. The van der Waals surface area contributed by atoms with Crippen LogP contribution in [0.1, 0.15) is 42.8 Å². The van der Waals surface area contributed by atoms with Crippen molar-refractivity contribution in [3.63, 3.8) is 0 Å². The van der Waals surface area contributed by atoms with E-state index in [1.54, 1.807) is 48.5 Å². The lowest BCUT2D eigenvalue weighted by atomic mass is 10.1. The van der Waals surface area contributed by atoms with E-state index < -0.39 is 17.9 Å². The van der Waals surface area contributed by atoms with Gasteiger partial charge in [0.15, 0.2) is 0 Å².